The Morgan fingerprint density at radius 1 is 1.33 bits per heavy atom. The lowest BCUT2D eigenvalue weighted by atomic mass is 10.1. The van der Waals surface area contributed by atoms with E-state index in [1.165, 1.54) is 18.2 Å². The molecular weight excluding hydrogens is 307 g/mol. The second-order valence-corrected chi connectivity index (χ2v) is 6.55. The van der Waals surface area contributed by atoms with Crippen LogP contribution >= 0.6 is 0 Å². The molecule has 21 heavy (non-hydrogen) atoms. The van der Waals surface area contributed by atoms with Gasteiger partial charge in [-0.1, -0.05) is 19.1 Å². The van der Waals surface area contributed by atoms with Gasteiger partial charge in [0, 0.05) is 6.04 Å². The van der Waals surface area contributed by atoms with Crippen molar-refractivity contribution in [3.63, 3.8) is 0 Å². The van der Waals surface area contributed by atoms with Gasteiger partial charge >= 0.3 is 6.18 Å². The van der Waals surface area contributed by atoms with Crippen molar-refractivity contribution >= 4 is 10.0 Å². The molecule has 0 aromatic heterocycles. The topological polar surface area (TPSA) is 66.4 Å². The molecule has 0 spiro atoms. The van der Waals surface area contributed by atoms with Crippen molar-refractivity contribution < 1.29 is 26.7 Å². The number of benzene rings is 1. The number of hydrogen-bond donors (Lipinski definition) is 2. The van der Waals surface area contributed by atoms with Gasteiger partial charge < -0.3 is 5.11 Å². The van der Waals surface area contributed by atoms with Gasteiger partial charge in [-0.15, -0.1) is 0 Å². The van der Waals surface area contributed by atoms with Crippen molar-refractivity contribution in [2.24, 2.45) is 0 Å². The summed E-state index contributed by atoms with van der Waals surface area (Å²) in [5.41, 5.74) is 0.406. The summed E-state index contributed by atoms with van der Waals surface area (Å²) in [6, 6.07) is 4.27. The fourth-order valence-electron chi connectivity index (χ4n) is 1.85. The van der Waals surface area contributed by atoms with Crippen LogP contribution in [0.15, 0.2) is 29.2 Å². The summed E-state index contributed by atoms with van der Waals surface area (Å²) >= 11 is 0. The molecule has 0 radical (unpaired) electrons. The molecule has 0 saturated heterocycles. The average Bonchev–Trinajstić information content (AvgIpc) is 2.35. The van der Waals surface area contributed by atoms with Crippen LogP contribution in [0.25, 0.3) is 0 Å². The number of halogens is 3. The van der Waals surface area contributed by atoms with E-state index in [1.807, 2.05) is 4.72 Å². The van der Waals surface area contributed by atoms with E-state index in [0.29, 0.717) is 12.0 Å². The summed E-state index contributed by atoms with van der Waals surface area (Å²) < 4.78 is 62.7. The molecule has 2 atom stereocenters. The van der Waals surface area contributed by atoms with Crippen molar-refractivity contribution in [1.29, 1.82) is 0 Å². The molecule has 0 bridgehead atoms. The molecule has 0 fully saturated rings. The number of sulfonamides is 1. The van der Waals surface area contributed by atoms with Gasteiger partial charge in [-0.05, 0) is 31.0 Å². The Labute approximate surface area is 122 Å². The van der Waals surface area contributed by atoms with Crippen LogP contribution in [-0.2, 0) is 10.0 Å². The number of nitrogens with one attached hydrogen (secondary N) is 1. The second kappa shape index (κ2) is 6.76. The van der Waals surface area contributed by atoms with Crippen molar-refractivity contribution in [2.75, 3.05) is 0 Å². The normalized spacial score (nSPS) is 15.7. The summed E-state index contributed by atoms with van der Waals surface area (Å²) in [5, 5.41) is 9.69. The minimum Gasteiger partial charge on any atom is -0.388 e. The highest BCUT2D eigenvalue weighted by Crippen LogP contribution is 2.23. The average molecular weight is 325 g/mol. The predicted octanol–water partition coefficient (Wildman–Crippen LogP) is 2.75. The van der Waals surface area contributed by atoms with Crippen LogP contribution in [0.4, 0.5) is 13.2 Å². The molecule has 1 rings (SSSR count). The highest BCUT2D eigenvalue weighted by atomic mass is 32.2. The maximum Gasteiger partial charge on any atom is 0.390 e. The molecule has 0 heterocycles. The van der Waals surface area contributed by atoms with Crippen molar-refractivity contribution in [1.82, 2.24) is 4.72 Å². The SMILES string of the molecule is CCC(O)c1cccc(S(=O)(=O)NC(C)CC(F)(F)F)c1. The molecule has 1 aromatic rings. The standard InChI is InChI=1S/C13H18F3NO3S/c1-3-12(18)10-5-4-6-11(7-10)21(19,20)17-9(2)8-13(14,15)16/h4-7,9,12,17-18H,3,8H2,1-2H3. The van der Waals surface area contributed by atoms with Crippen LogP contribution in [-0.4, -0.2) is 25.7 Å². The molecule has 0 saturated carbocycles. The molecular formula is C13H18F3NO3S. The Bertz CT molecular complexity index is 572. The number of rotatable bonds is 6. The Morgan fingerprint density at radius 3 is 2.48 bits per heavy atom. The van der Waals surface area contributed by atoms with Crippen LogP contribution in [0.1, 0.15) is 38.4 Å². The van der Waals surface area contributed by atoms with Gasteiger partial charge in [0.05, 0.1) is 17.4 Å². The van der Waals surface area contributed by atoms with Crippen LogP contribution in [0.3, 0.4) is 0 Å². The quantitative estimate of drug-likeness (QED) is 0.845. The highest BCUT2D eigenvalue weighted by Gasteiger charge is 2.32. The van der Waals surface area contributed by atoms with E-state index in [2.05, 4.69) is 0 Å². The molecule has 1 aromatic carbocycles. The zero-order valence-electron chi connectivity index (χ0n) is 11.7. The first-order valence-corrected chi connectivity index (χ1v) is 7.90. The van der Waals surface area contributed by atoms with Crippen LogP contribution in [0, 0.1) is 0 Å². The second-order valence-electron chi connectivity index (χ2n) is 4.84. The molecule has 0 aliphatic rings. The van der Waals surface area contributed by atoms with Crippen LogP contribution < -0.4 is 4.72 Å². The van der Waals surface area contributed by atoms with Gasteiger partial charge in [0.2, 0.25) is 10.0 Å². The van der Waals surface area contributed by atoms with E-state index < -0.39 is 34.8 Å². The third-order valence-electron chi connectivity index (χ3n) is 2.83. The third-order valence-corrected chi connectivity index (χ3v) is 4.42. The van der Waals surface area contributed by atoms with Gasteiger partial charge in [0.25, 0.3) is 0 Å². The maximum atomic E-state index is 12.2. The van der Waals surface area contributed by atoms with Crippen LogP contribution in [0.2, 0.25) is 0 Å². The molecule has 0 amide bonds. The number of aliphatic hydroxyl groups excluding tert-OH is 1. The van der Waals surface area contributed by atoms with E-state index in [9.17, 15) is 26.7 Å². The first-order chi connectivity index (χ1) is 9.55. The van der Waals surface area contributed by atoms with Crippen molar-refractivity contribution in [2.45, 2.75) is 49.9 Å². The minimum absolute atomic E-state index is 0.165. The van der Waals surface area contributed by atoms with Gasteiger partial charge in [-0.3, -0.25) is 0 Å². The zero-order valence-corrected chi connectivity index (χ0v) is 12.5. The molecule has 8 heteroatoms. The smallest absolute Gasteiger partial charge is 0.388 e. The minimum atomic E-state index is -4.44. The summed E-state index contributed by atoms with van der Waals surface area (Å²) in [6.45, 7) is 2.88. The van der Waals surface area contributed by atoms with E-state index in [-0.39, 0.29) is 4.90 Å². The van der Waals surface area contributed by atoms with Gasteiger partial charge in [-0.2, -0.15) is 13.2 Å². The monoisotopic (exact) mass is 325 g/mol. The molecule has 4 nitrogen and oxygen atoms in total. The van der Waals surface area contributed by atoms with E-state index >= 15 is 0 Å². The molecule has 120 valence electrons. The maximum absolute atomic E-state index is 12.2. The largest absolute Gasteiger partial charge is 0.390 e. The van der Waals surface area contributed by atoms with E-state index in [4.69, 9.17) is 0 Å². The molecule has 2 unspecified atom stereocenters. The summed E-state index contributed by atoms with van der Waals surface area (Å²) in [5.74, 6) is 0. The van der Waals surface area contributed by atoms with Gasteiger partial charge in [-0.25, -0.2) is 13.1 Å². The van der Waals surface area contributed by atoms with Crippen molar-refractivity contribution in [3.05, 3.63) is 29.8 Å². The Kier molecular flexibility index (Phi) is 5.77. The fourth-order valence-corrected chi connectivity index (χ4v) is 3.14. The van der Waals surface area contributed by atoms with Gasteiger partial charge in [0.15, 0.2) is 0 Å². The van der Waals surface area contributed by atoms with Crippen LogP contribution in [0.5, 0.6) is 0 Å². The molecule has 0 aliphatic heterocycles. The first kappa shape index (κ1) is 17.9. The Morgan fingerprint density at radius 2 is 1.95 bits per heavy atom. The number of aliphatic hydroxyl groups is 1. The summed E-state index contributed by atoms with van der Waals surface area (Å²) in [4.78, 5) is -0.165. The third kappa shape index (κ3) is 5.64. The van der Waals surface area contributed by atoms with Gasteiger partial charge in [0.1, 0.15) is 0 Å². The van der Waals surface area contributed by atoms with E-state index in [1.54, 1.807) is 13.0 Å². The summed E-state index contributed by atoms with van der Waals surface area (Å²) in [6.07, 6.45) is -6.10. The number of alkyl halides is 3. The Hall–Kier alpha value is -1.12. The first-order valence-electron chi connectivity index (χ1n) is 6.42. The zero-order chi connectivity index (χ0) is 16.3. The predicted molar refractivity (Wildman–Crippen MR) is 72.1 cm³/mol. The lowest BCUT2D eigenvalue weighted by Crippen LogP contribution is -2.35. The molecule has 2 N–H and O–H groups in total. The fraction of sp³-hybridized carbons (Fsp3) is 0.538. The summed E-state index contributed by atoms with van der Waals surface area (Å²) in [7, 11) is -4.06. The van der Waals surface area contributed by atoms with Crippen molar-refractivity contribution in [3.8, 4) is 0 Å². The van der Waals surface area contributed by atoms with E-state index in [0.717, 1.165) is 6.92 Å². The Balaban J connectivity index is 2.93. The highest BCUT2D eigenvalue weighted by molar-refractivity contribution is 7.89. The number of hydrogen-bond acceptors (Lipinski definition) is 3. The molecule has 0 aliphatic carbocycles. The lowest BCUT2D eigenvalue weighted by Gasteiger charge is -2.17. The lowest BCUT2D eigenvalue weighted by molar-refractivity contribution is -0.137.